The molecule has 1 aromatic heterocycles. The monoisotopic (exact) mass is 274 g/mol. The van der Waals surface area contributed by atoms with Gasteiger partial charge in [-0.2, -0.15) is 0 Å². The SMILES string of the molecule is CC(C)C(=O)C1CCN(c2ccc(C(C)C)cn2)CC1. The molecular weight excluding hydrogens is 248 g/mol. The Morgan fingerprint density at radius 2 is 1.85 bits per heavy atom. The third-order valence-corrected chi connectivity index (χ3v) is 4.23. The van der Waals surface area contributed by atoms with E-state index in [0.29, 0.717) is 11.7 Å². The number of hydrogen-bond donors (Lipinski definition) is 0. The molecule has 0 bridgehead atoms. The molecule has 0 N–H and O–H groups in total. The third-order valence-electron chi connectivity index (χ3n) is 4.23. The molecule has 1 aliphatic rings. The smallest absolute Gasteiger partial charge is 0.138 e. The van der Waals surface area contributed by atoms with Crippen LogP contribution in [0.15, 0.2) is 18.3 Å². The molecule has 2 heterocycles. The normalized spacial score (nSPS) is 17.0. The van der Waals surface area contributed by atoms with E-state index in [-0.39, 0.29) is 11.8 Å². The maximum Gasteiger partial charge on any atom is 0.138 e. The zero-order valence-electron chi connectivity index (χ0n) is 13.1. The number of carbonyl (C=O) groups is 1. The zero-order valence-corrected chi connectivity index (χ0v) is 13.1. The van der Waals surface area contributed by atoms with Gasteiger partial charge in [-0.3, -0.25) is 4.79 Å². The third kappa shape index (κ3) is 3.38. The van der Waals surface area contributed by atoms with Crippen molar-refractivity contribution in [2.45, 2.75) is 46.5 Å². The van der Waals surface area contributed by atoms with Crippen molar-refractivity contribution >= 4 is 11.6 Å². The first kappa shape index (κ1) is 15.0. The standard InChI is InChI=1S/C17H26N2O/c1-12(2)15-5-6-16(18-11-15)19-9-7-14(8-10-19)17(20)13(3)4/h5-6,11-14H,7-10H2,1-4H3. The molecule has 0 unspecified atom stereocenters. The van der Waals surface area contributed by atoms with Crippen molar-refractivity contribution in [2.24, 2.45) is 11.8 Å². The van der Waals surface area contributed by atoms with Gasteiger partial charge in [-0.15, -0.1) is 0 Å². The molecule has 3 heteroatoms. The molecule has 110 valence electrons. The summed E-state index contributed by atoms with van der Waals surface area (Å²) in [6, 6.07) is 4.28. The van der Waals surface area contributed by atoms with Crippen LogP contribution in [0.4, 0.5) is 5.82 Å². The second kappa shape index (κ2) is 6.38. The van der Waals surface area contributed by atoms with E-state index in [0.717, 1.165) is 31.7 Å². The molecule has 20 heavy (non-hydrogen) atoms. The van der Waals surface area contributed by atoms with Crippen LogP contribution in [0.1, 0.15) is 52.0 Å². The molecule has 3 nitrogen and oxygen atoms in total. The van der Waals surface area contributed by atoms with Gasteiger partial charge in [0.05, 0.1) is 0 Å². The van der Waals surface area contributed by atoms with E-state index in [2.05, 4.69) is 35.9 Å². The summed E-state index contributed by atoms with van der Waals surface area (Å²) in [5, 5.41) is 0. The number of pyridine rings is 1. The maximum absolute atomic E-state index is 12.0. The Morgan fingerprint density at radius 3 is 2.30 bits per heavy atom. The van der Waals surface area contributed by atoms with Gasteiger partial charge in [-0.1, -0.05) is 33.8 Å². The minimum Gasteiger partial charge on any atom is -0.357 e. The molecular formula is C17H26N2O. The van der Waals surface area contributed by atoms with Gasteiger partial charge in [-0.25, -0.2) is 4.98 Å². The Balaban J connectivity index is 1.95. The quantitative estimate of drug-likeness (QED) is 0.840. The van der Waals surface area contributed by atoms with Crippen molar-refractivity contribution in [3.63, 3.8) is 0 Å². The molecule has 1 fully saturated rings. The number of aromatic nitrogens is 1. The second-order valence-electron chi connectivity index (χ2n) is 6.42. The Bertz CT molecular complexity index is 443. The number of ketones is 1. The first-order valence-electron chi connectivity index (χ1n) is 7.73. The first-order chi connectivity index (χ1) is 9.49. The van der Waals surface area contributed by atoms with Crippen molar-refractivity contribution in [1.29, 1.82) is 0 Å². The summed E-state index contributed by atoms with van der Waals surface area (Å²) in [7, 11) is 0. The average molecular weight is 274 g/mol. The van der Waals surface area contributed by atoms with Gasteiger partial charge in [-0.05, 0) is 30.4 Å². The van der Waals surface area contributed by atoms with E-state index in [1.165, 1.54) is 5.56 Å². The fraction of sp³-hybridized carbons (Fsp3) is 0.647. The van der Waals surface area contributed by atoms with Gasteiger partial charge >= 0.3 is 0 Å². The van der Waals surface area contributed by atoms with Crippen LogP contribution in [0.2, 0.25) is 0 Å². The van der Waals surface area contributed by atoms with Gasteiger partial charge in [0.25, 0.3) is 0 Å². The minimum absolute atomic E-state index is 0.162. The van der Waals surface area contributed by atoms with Gasteiger partial charge in [0.2, 0.25) is 0 Å². The van der Waals surface area contributed by atoms with E-state index in [1.807, 2.05) is 20.0 Å². The fourth-order valence-corrected chi connectivity index (χ4v) is 2.79. The number of nitrogens with zero attached hydrogens (tertiary/aromatic N) is 2. The number of hydrogen-bond acceptors (Lipinski definition) is 3. The fourth-order valence-electron chi connectivity index (χ4n) is 2.79. The van der Waals surface area contributed by atoms with Crippen LogP contribution in [-0.4, -0.2) is 23.9 Å². The number of rotatable bonds is 4. The average Bonchev–Trinajstić information content (AvgIpc) is 2.46. The molecule has 0 atom stereocenters. The molecule has 0 amide bonds. The lowest BCUT2D eigenvalue weighted by Crippen LogP contribution is -2.37. The predicted octanol–water partition coefficient (Wildman–Crippen LogP) is 3.65. The first-order valence-corrected chi connectivity index (χ1v) is 7.73. The molecule has 1 saturated heterocycles. The molecule has 0 spiro atoms. The molecule has 0 radical (unpaired) electrons. The summed E-state index contributed by atoms with van der Waals surface area (Å²) >= 11 is 0. The minimum atomic E-state index is 0.162. The van der Waals surface area contributed by atoms with E-state index in [1.54, 1.807) is 0 Å². The van der Waals surface area contributed by atoms with Gasteiger partial charge in [0.15, 0.2) is 0 Å². The highest BCUT2D eigenvalue weighted by molar-refractivity contribution is 5.83. The molecule has 1 aliphatic heterocycles. The molecule has 0 aromatic carbocycles. The van der Waals surface area contributed by atoms with Crippen molar-refractivity contribution in [1.82, 2.24) is 4.98 Å². The summed E-state index contributed by atoms with van der Waals surface area (Å²) in [5.41, 5.74) is 1.28. The van der Waals surface area contributed by atoms with Crippen LogP contribution in [0.3, 0.4) is 0 Å². The highest BCUT2D eigenvalue weighted by Gasteiger charge is 2.26. The summed E-state index contributed by atoms with van der Waals surface area (Å²) < 4.78 is 0. The summed E-state index contributed by atoms with van der Waals surface area (Å²) in [5.74, 6) is 2.40. The van der Waals surface area contributed by atoms with Gasteiger partial charge < -0.3 is 4.90 Å². The van der Waals surface area contributed by atoms with E-state index in [4.69, 9.17) is 0 Å². The Hall–Kier alpha value is -1.38. The Kier molecular flexibility index (Phi) is 4.79. The number of anilines is 1. The zero-order chi connectivity index (χ0) is 14.7. The highest BCUT2D eigenvalue weighted by Crippen LogP contribution is 2.25. The van der Waals surface area contributed by atoms with Crippen molar-refractivity contribution in [3.8, 4) is 0 Å². The largest absolute Gasteiger partial charge is 0.357 e. The molecule has 0 saturated carbocycles. The van der Waals surface area contributed by atoms with Crippen LogP contribution < -0.4 is 4.90 Å². The van der Waals surface area contributed by atoms with E-state index >= 15 is 0 Å². The lowest BCUT2D eigenvalue weighted by Gasteiger charge is -2.32. The number of carbonyl (C=O) groups excluding carboxylic acids is 1. The van der Waals surface area contributed by atoms with Crippen LogP contribution in [0.5, 0.6) is 0 Å². The van der Waals surface area contributed by atoms with Crippen molar-refractivity contribution < 1.29 is 4.79 Å². The van der Waals surface area contributed by atoms with Gasteiger partial charge in [0, 0.05) is 31.1 Å². The van der Waals surface area contributed by atoms with E-state index < -0.39 is 0 Å². The lowest BCUT2D eigenvalue weighted by molar-refractivity contribution is -0.126. The van der Waals surface area contributed by atoms with Crippen molar-refractivity contribution in [2.75, 3.05) is 18.0 Å². The molecule has 0 aliphatic carbocycles. The van der Waals surface area contributed by atoms with Gasteiger partial charge in [0.1, 0.15) is 11.6 Å². The van der Waals surface area contributed by atoms with E-state index in [9.17, 15) is 4.79 Å². The molecule has 1 aromatic rings. The van der Waals surface area contributed by atoms with Crippen LogP contribution in [-0.2, 0) is 4.79 Å². The Morgan fingerprint density at radius 1 is 1.20 bits per heavy atom. The topological polar surface area (TPSA) is 33.2 Å². The summed E-state index contributed by atoms with van der Waals surface area (Å²) in [6.45, 7) is 10.2. The number of Topliss-reactive ketones (excluding diaryl/α,β-unsaturated/α-hetero) is 1. The maximum atomic E-state index is 12.0. The molecule has 2 rings (SSSR count). The van der Waals surface area contributed by atoms with Crippen molar-refractivity contribution in [3.05, 3.63) is 23.9 Å². The second-order valence-corrected chi connectivity index (χ2v) is 6.42. The van der Waals surface area contributed by atoms with Crippen LogP contribution in [0.25, 0.3) is 0 Å². The Labute approximate surface area is 122 Å². The van der Waals surface area contributed by atoms with Crippen LogP contribution in [0, 0.1) is 11.8 Å². The lowest BCUT2D eigenvalue weighted by atomic mass is 9.87. The summed E-state index contributed by atoms with van der Waals surface area (Å²) in [6.07, 6.45) is 3.90. The highest BCUT2D eigenvalue weighted by atomic mass is 16.1. The predicted molar refractivity (Wildman–Crippen MR) is 83.1 cm³/mol. The number of piperidine rings is 1. The van der Waals surface area contributed by atoms with Crippen LogP contribution >= 0.6 is 0 Å². The summed E-state index contributed by atoms with van der Waals surface area (Å²) in [4.78, 5) is 18.9.